The Balaban J connectivity index is 1.23. The van der Waals surface area contributed by atoms with E-state index in [1.165, 1.54) is 16.0 Å². The lowest BCUT2D eigenvalue weighted by Gasteiger charge is -2.16. The number of fused-ring (bicyclic) bond motifs is 4. The molecule has 0 atom stereocenters. The van der Waals surface area contributed by atoms with Gasteiger partial charge in [0.2, 0.25) is 0 Å². The van der Waals surface area contributed by atoms with Crippen LogP contribution in [0, 0.1) is 13.8 Å². The number of carbonyl (C=O) groups excluding carboxylic acids is 2. The Morgan fingerprint density at radius 3 is 1.52 bits per heavy atom. The summed E-state index contributed by atoms with van der Waals surface area (Å²) in [4.78, 5) is 29.8. The average Bonchev–Trinajstić information content (AvgIpc) is 3.62. The standard InChI is InChI=1S/C46H32N2O2/c1-29-14-18-32(19-15-29)35-22-24-41-39(27-35)40-28-36(33-20-16-30(2)17-21-33)23-25-42(40)48(41)43-13-7-12-38-44(43)46(50)47(45(38)49)37-11-6-10-34(26-37)31-8-4-3-5-9-31/h3-28H,1-2H3. The molecule has 7 aromatic carbocycles. The van der Waals surface area contributed by atoms with Gasteiger partial charge in [0.15, 0.2) is 0 Å². The van der Waals surface area contributed by atoms with Crippen LogP contribution >= 0.6 is 0 Å². The second kappa shape index (κ2) is 11.6. The Labute approximate surface area is 290 Å². The fourth-order valence-electron chi connectivity index (χ4n) is 7.28. The van der Waals surface area contributed by atoms with Crippen molar-refractivity contribution in [1.82, 2.24) is 4.57 Å². The number of hydrogen-bond donors (Lipinski definition) is 0. The van der Waals surface area contributed by atoms with Crippen LogP contribution in [-0.4, -0.2) is 16.4 Å². The van der Waals surface area contributed by atoms with Gasteiger partial charge in [-0.2, -0.15) is 0 Å². The van der Waals surface area contributed by atoms with E-state index in [0.29, 0.717) is 22.5 Å². The lowest BCUT2D eigenvalue weighted by atomic mass is 9.99. The number of nitrogens with zero attached hydrogens (tertiary/aromatic N) is 2. The minimum Gasteiger partial charge on any atom is -0.308 e. The Kier molecular flexibility index (Phi) is 6.85. The summed E-state index contributed by atoms with van der Waals surface area (Å²) >= 11 is 0. The summed E-state index contributed by atoms with van der Waals surface area (Å²) in [5.41, 5.74) is 12.9. The van der Waals surface area contributed by atoms with Gasteiger partial charge < -0.3 is 4.57 Å². The molecule has 4 nitrogen and oxygen atoms in total. The van der Waals surface area contributed by atoms with E-state index in [2.05, 4.69) is 103 Å². The zero-order valence-electron chi connectivity index (χ0n) is 27.7. The summed E-state index contributed by atoms with van der Waals surface area (Å²) in [6.45, 7) is 4.19. The molecule has 1 aliphatic rings. The molecule has 0 unspecified atom stereocenters. The van der Waals surface area contributed by atoms with Crippen LogP contribution in [0.5, 0.6) is 0 Å². The van der Waals surface area contributed by atoms with Crippen molar-refractivity contribution in [2.24, 2.45) is 0 Å². The first-order valence-corrected chi connectivity index (χ1v) is 16.8. The Bertz CT molecular complexity index is 2530. The van der Waals surface area contributed by atoms with Crippen LogP contribution in [0.1, 0.15) is 31.8 Å². The molecule has 0 fully saturated rings. The van der Waals surface area contributed by atoms with Crippen molar-refractivity contribution < 1.29 is 9.59 Å². The van der Waals surface area contributed by atoms with Crippen LogP contribution in [0.3, 0.4) is 0 Å². The fraction of sp³-hybridized carbons (Fsp3) is 0.0435. The van der Waals surface area contributed by atoms with Crippen LogP contribution < -0.4 is 4.90 Å². The zero-order valence-corrected chi connectivity index (χ0v) is 27.7. The van der Waals surface area contributed by atoms with Crippen LogP contribution in [-0.2, 0) is 0 Å². The largest absolute Gasteiger partial charge is 0.308 e. The molecule has 0 aliphatic carbocycles. The van der Waals surface area contributed by atoms with Crippen molar-refractivity contribution in [2.75, 3.05) is 4.90 Å². The molecule has 0 saturated carbocycles. The SMILES string of the molecule is Cc1ccc(-c2ccc3c(c2)c2cc(-c4ccc(C)cc4)ccc2n3-c2cccc3c2C(=O)N(c2cccc(-c4ccccc4)c2)C3=O)cc1. The van der Waals surface area contributed by atoms with Gasteiger partial charge in [-0.1, -0.05) is 120 Å². The molecule has 0 spiro atoms. The molecular formula is C46H32N2O2. The second-order valence-electron chi connectivity index (χ2n) is 13.1. The lowest BCUT2D eigenvalue weighted by molar-refractivity contribution is 0.0926. The van der Waals surface area contributed by atoms with Gasteiger partial charge in [-0.3, -0.25) is 9.59 Å². The normalized spacial score (nSPS) is 12.6. The number of aromatic nitrogens is 1. The average molecular weight is 645 g/mol. The monoisotopic (exact) mass is 644 g/mol. The van der Waals surface area contributed by atoms with Crippen molar-refractivity contribution >= 4 is 39.3 Å². The molecule has 8 aromatic rings. The van der Waals surface area contributed by atoms with Gasteiger partial charge in [0.25, 0.3) is 11.8 Å². The van der Waals surface area contributed by atoms with E-state index in [9.17, 15) is 9.59 Å². The van der Waals surface area contributed by atoms with E-state index >= 15 is 0 Å². The number of imide groups is 1. The summed E-state index contributed by atoms with van der Waals surface area (Å²) in [7, 11) is 0. The van der Waals surface area contributed by atoms with Gasteiger partial charge >= 0.3 is 0 Å². The third-order valence-electron chi connectivity index (χ3n) is 9.88. The molecule has 4 heteroatoms. The number of hydrogen-bond acceptors (Lipinski definition) is 2. The van der Waals surface area contributed by atoms with Crippen LogP contribution in [0.15, 0.2) is 158 Å². The molecular weight excluding hydrogens is 613 g/mol. The number of rotatable bonds is 5. The van der Waals surface area contributed by atoms with Crippen LogP contribution in [0.4, 0.5) is 5.69 Å². The molecule has 9 rings (SSSR count). The minimum absolute atomic E-state index is 0.318. The highest BCUT2D eigenvalue weighted by atomic mass is 16.2. The topological polar surface area (TPSA) is 42.3 Å². The molecule has 2 heterocycles. The van der Waals surface area contributed by atoms with Gasteiger partial charge in [0, 0.05) is 10.8 Å². The minimum atomic E-state index is -0.326. The number of anilines is 1. The van der Waals surface area contributed by atoms with Crippen molar-refractivity contribution in [3.63, 3.8) is 0 Å². The van der Waals surface area contributed by atoms with Gasteiger partial charge in [0.1, 0.15) is 0 Å². The maximum Gasteiger partial charge on any atom is 0.268 e. The van der Waals surface area contributed by atoms with Crippen molar-refractivity contribution in [2.45, 2.75) is 13.8 Å². The maximum absolute atomic E-state index is 14.5. The molecule has 0 bridgehead atoms. The molecule has 1 aliphatic heterocycles. The second-order valence-corrected chi connectivity index (χ2v) is 13.1. The van der Waals surface area contributed by atoms with E-state index in [0.717, 1.165) is 55.2 Å². The first-order valence-electron chi connectivity index (χ1n) is 16.8. The number of carbonyl (C=O) groups is 2. The number of aryl methyl sites for hydroxylation is 2. The highest BCUT2D eigenvalue weighted by Gasteiger charge is 2.39. The zero-order chi connectivity index (χ0) is 33.9. The molecule has 0 radical (unpaired) electrons. The summed E-state index contributed by atoms with van der Waals surface area (Å²) in [5, 5.41) is 2.16. The molecule has 0 N–H and O–H groups in total. The van der Waals surface area contributed by atoms with E-state index in [1.807, 2.05) is 66.7 Å². The summed E-state index contributed by atoms with van der Waals surface area (Å²) < 4.78 is 2.15. The van der Waals surface area contributed by atoms with Gasteiger partial charge in [0.05, 0.1) is 33.5 Å². The number of benzene rings is 7. The van der Waals surface area contributed by atoms with Crippen molar-refractivity contribution in [3.8, 4) is 39.1 Å². The van der Waals surface area contributed by atoms with E-state index in [1.54, 1.807) is 6.07 Å². The van der Waals surface area contributed by atoms with Crippen molar-refractivity contribution in [3.05, 3.63) is 180 Å². The van der Waals surface area contributed by atoms with Crippen molar-refractivity contribution in [1.29, 1.82) is 0 Å². The number of amides is 2. The Hall–Kier alpha value is -6.52. The quantitative estimate of drug-likeness (QED) is 0.175. The summed E-state index contributed by atoms with van der Waals surface area (Å²) in [5.74, 6) is -0.644. The first-order chi connectivity index (χ1) is 24.4. The lowest BCUT2D eigenvalue weighted by Crippen LogP contribution is -2.29. The Morgan fingerprint density at radius 2 is 0.920 bits per heavy atom. The maximum atomic E-state index is 14.5. The summed E-state index contributed by atoms with van der Waals surface area (Å²) in [6.07, 6.45) is 0. The predicted octanol–water partition coefficient (Wildman–Crippen LogP) is 11.2. The smallest absolute Gasteiger partial charge is 0.268 e. The van der Waals surface area contributed by atoms with Gasteiger partial charge in [-0.25, -0.2) is 4.90 Å². The van der Waals surface area contributed by atoms with Gasteiger partial charge in [-0.15, -0.1) is 0 Å². The predicted molar refractivity (Wildman–Crippen MR) is 204 cm³/mol. The molecule has 2 amide bonds. The van der Waals surface area contributed by atoms with E-state index in [4.69, 9.17) is 0 Å². The van der Waals surface area contributed by atoms with E-state index in [-0.39, 0.29) is 11.8 Å². The highest BCUT2D eigenvalue weighted by Crippen LogP contribution is 2.40. The van der Waals surface area contributed by atoms with Crippen LogP contribution in [0.2, 0.25) is 0 Å². The third kappa shape index (κ3) is 4.76. The molecule has 238 valence electrons. The van der Waals surface area contributed by atoms with Gasteiger partial charge in [-0.05, 0) is 95.8 Å². The fourth-order valence-corrected chi connectivity index (χ4v) is 7.28. The summed E-state index contributed by atoms with van der Waals surface area (Å²) in [6, 6.07) is 53.4. The third-order valence-corrected chi connectivity index (χ3v) is 9.88. The molecule has 0 saturated heterocycles. The highest BCUT2D eigenvalue weighted by molar-refractivity contribution is 6.36. The van der Waals surface area contributed by atoms with Crippen LogP contribution in [0.25, 0.3) is 60.9 Å². The first kappa shape index (κ1) is 29.6. The molecule has 1 aromatic heterocycles. The molecule has 50 heavy (non-hydrogen) atoms. The van der Waals surface area contributed by atoms with E-state index < -0.39 is 0 Å². The Morgan fingerprint density at radius 1 is 0.420 bits per heavy atom.